The molecule has 2 saturated carbocycles. The third kappa shape index (κ3) is 7.73. The van der Waals surface area contributed by atoms with Gasteiger partial charge in [-0.1, -0.05) is 56.5 Å². The Kier molecular flexibility index (Phi) is 10.3. The third-order valence-electron chi connectivity index (χ3n) is 7.23. The molecule has 1 atom stereocenters. The van der Waals surface area contributed by atoms with Crippen LogP contribution >= 0.6 is 12.2 Å². The number of carbonyl (C=O) groups excluding carboxylic acids is 1. The third-order valence-corrected chi connectivity index (χ3v) is 7.65. The zero-order chi connectivity index (χ0) is 22.8. The minimum absolute atomic E-state index is 0.0722. The van der Waals surface area contributed by atoms with Crippen molar-refractivity contribution >= 4 is 23.1 Å². The Morgan fingerprint density at radius 1 is 1.03 bits per heavy atom. The molecular formula is C26H40N2O3S. The Morgan fingerprint density at radius 3 is 2.34 bits per heavy atom. The maximum absolute atomic E-state index is 13.1. The van der Waals surface area contributed by atoms with E-state index in [2.05, 4.69) is 10.6 Å². The molecule has 1 aromatic rings. The first-order chi connectivity index (χ1) is 15.6. The fourth-order valence-electron chi connectivity index (χ4n) is 5.05. The van der Waals surface area contributed by atoms with Gasteiger partial charge in [-0.25, -0.2) is 0 Å². The molecule has 0 saturated heterocycles. The Bertz CT molecular complexity index is 710. The van der Waals surface area contributed by atoms with Crippen molar-refractivity contribution in [1.82, 2.24) is 10.6 Å². The molecule has 0 unspecified atom stereocenters. The normalized spacial score (nSPS) is 22.7. The highest BCUT2D eigenvalue weighted by Crippen LogP contribution is 2.29. The van der Waals surface area contributed by atoms with Gasteiger partial charge in [0.15, 0.2) is 0 Å². The van der Waals surface area contributed by atoms with Crippen LogP contribution in [0.2, 0.25) is 0 Å². The molecule has 6 heteroatoms. The van der Waals surface area contributed by atoms with E-state index >= 15 is 0 Å². The van der Waals surface area contributed by atoms with Gasteiger partial charge in [-0.2, -0.15) is 0 Å². The lowest BCUT2D eigenvalue weighted by Gasteiger charge is -2.30. The van der Waals surface area contributed by atoms with Crippen molar-refractivity contribution in [2.24, 2.45) is 11.8 Å². The number of rotatable bonds is 10. The molecule has 0 radical (unpaired) electrons. The molecule has 0 aromatic heterocycles. The largest absolute Gasteiger partial charge is 0.497 e. The van der Waals surface area contributed by atoms with Crippen molar-refractivity contribution in [3.8, 4) is 5.75 Å². The van der Waals surface area contributed by atoms with Crippen molar-refractivity contribution in [3.63, 3.8) is 0 Å². The molecule has 32 heavy (non-hydrogen) atoms. The summed E-state index contributed by atoms with van der Waals surface area (Å²) < 4.78 is 10.7. The second kappa shape index (κ2) is 13.1. The molecule has 2 N–H and O–H groups in total. The van der Waals surface area contributed by atoms with Gasteiger partial charge in [0.05, 0.1) is 24.2 Å². The van der Waals surface area contributed by atoms with Crippen LogP contribution in [0.5, 0.6) is 5.75 Å². The van der Waals surface area contributed by atoms with Gasteiger partial charge in [-0.15, -0.1) is 0 Å². The molecular weight excluding hydrogens is 420 g/mol. The molecule has 2 aliphatic carbocycles. The highest BCUT2D eigenvalue weighted by molar-refractivity contribution is 7.80. The number of methoxy groups -OCH3 is 2. The summed E-state index contributed by atoms with van der Waals surface area (Å²) in [5.74, 6) is 1.84. The number of nitrogens with one attached hydrogen (secondary N) is 2. The van der Waals surface area contributed by atoms with E-state index in [1.165, 1.54) is 32.1 Å². The second-order valence-electron chi connectivity index (χ2n) is 9.42. The van der Waals surface area contributed by atoms with Gasteiger partial charge >= 0.3 is 0 Å². The highest BCUT2D eigenvalue weighted by Gasteiger charge is 2.29. The monoisotopic (exact) mass is 460 g/mol. The number of carbonyl (C=O) groups is 1. The van der Waals surface area contributed by atoms with Crippen LogP contribution in [0.3, 0.4) is 0 Å². The lowest BCUT2D eigenvalue weighted by Crippen LogP contribution is -2.48. The maximum atomic E-state index is 13.1. The number of hydrogen-bond acceptors (Lipinski definition) is 4. The summed E-state index contributed by atoms with van der Waals surface area (Å²) in [7, 11) is 3.43. The number of hydrogen-bond donors (Lipinski definition) is 2. The summed E-state index contributed by atoms with van der Waals surface area (Å²) in [6.45, 7) is 0.650. The molecule has 2 aliphatic rings. The van der Waals surface area contributed by atoms with E-state index in [1.807, 2.05) is 24.3 Å². The number of ether oxygens (including phenoxy) is 2. The van der Waals surface area contributed by atoms with E-state index in [-0.39, 0.29) is 17.9 Å². The van der Waals surface area contributed by atoms with E-state index in [0.29, 0.717) is 12.6 Å². The molecule has 0 spiro atoms. The fourth-order valence-corrected chi connectivity index (χ4v) is 5.30. The van der Waals surface area contributed by atoms with Crippen molar-refractivity contribution < 1.29 is 14.3 Å². The quantitative estimate of drug-likeness (QED) is 0.472. The predicted octanol–water partition coefficient (Wildman–Crippen LogP) is 5.16. The van der Waals surface area contributed by atoms with Crippen LogP contribution in [0.1, 0.15) is 76.2 Å². The van der Waals surface area contributed by atoms with Gasteiger partial charge < -0.3 is 20.1 Å². The predicted molar refractivity (Wildman–Crippen MR) is 133 cm³/mol. The summed E-state index contributed by atoms with van der Waals surface area (Å²) >= 11 is 5.78. The van der Waals surface area contributed by atoms with E-state index < -0.39 is 0 Å². The molecule has 0 heterocycles. The van der Waals surface area contributed by atoms with E-state index in [1.54, 1.807) is 14.2 Å². The zero-order valence-electron chi connectivity index (χ0n) is 19.7. The molecule has 178 valence electrons. The van der Waals surface area contributed by atoms with Crippen molar-refractivity contribution in [3.05, 3.63) is 29.8 Å². The zero-order valence-corrected chi connectivity index (χ0v) is 20.6. The van der Waals surface area contributed by atoms with Crippen LogP contribution in [0.15, 0.2) is 24.3 Å². The Labute approximate surface area is 199 Å². The summed E-state index contributed by atoms with van der Waals surface area (Å²) in [5, 5.41) is 6.71. The topological polar surface area (TPSA) is 59.6 Å². The Morgan fingerprint density at radius 2 is 1.72 bits per heavy atom. The van der Waals surface area contributed by atoms with Crippen molar-refractivity contribution in [1.29, 1.82) is 0 Å². The smallest absolute Gasteiger partial charge is 0.223 e. The van der Waals surface area contributed by atoms with Crippen LogP contribution < -0.4 is 15.4 Å². The Hall–Kier alpha value is -1.66. The van der Waals surface area contributed by atoms with Gasteiger partial charge in [-0.3, -0.25) is 4.79 Å². The second-order valence-corrected chi connectivity index (χ2v) is 9.86. The molecule has 0 bridgehead atoms. The van der Waals surface area contributed by atoms with Crippen LogP contribution in [-0.2, 0) is 16.1 Å². The van der Waals surface area contributed by atoms with Crippen LogP contribution in [0.4, 0.5) is 0 Å². The minimum atomic E-state index is -0.0992. The highest BCUT2D eigenvalue weighted by atomic mass is 32.1. The number of benzene rings is 1. The molecule has 0 aliphatic heterocycles. The summed E-state index contributed by atoms with van der Waals surface area (Å²) in [6, 6.07) is 7.89. The first-order valence-corrected chi connectivity index (χ1v) is 12.7. The summed E-state index contributed by atoms with van der Waals surface area (Å²) in [4.78, 5) is 13.8. The van der Waals surface area contributed by atoms with Gasteiger partial charge in [0, 0.05) is 19.6 Å². The van der Waals surface area contributed by atoms with E-state index in [4.69, 9.17) is 21.7 Å². The molecule has 3 rings (SSSR count). The Balaban J connectivity index is 1.55. The van der Waals surface area contributed by atoms with Crippen LogP contribution in [0, 0.1) is 11.8 Å². The average molecular weight is 461 g/mol. The lowest BCUT2D eigenvalue weighted by atomic mass is 9.84. The van der Waals surface area contributed by atoms with E-state index in [9.17, 15) is 4.79 Å². The van der Waals surface area contributed by atoms with Crippen molar-refractivity contribution in [2.75, 3.05) is 14.2 Å². The molecule has 1 aromatic carbocycles. The standard InChI is InChI=1S/C26H40N2O3S/c1-30-22-13-8-20(9-14-22)18-27-26(32)24(17-10-19-6-4-3-5-7-19)28-25(29)21-11-15-23(31-2)16-12-21/h8-9,13-14,19,21,23-24H,3-7,10-12,15-18H2,1-2H3,(H,27,32)(H,28,29)/t21?,23?,24-/m1/s1. The van der Waals surface area contributed by atoms with Gasteiger partial charge in [0.2, 0.25) is 5.91 Å². The summed E-state index contributed by atoms with van der Waals surface area (Å²) in [6.07, 6.45) is 12.7. The number of thiocarbonyl (C=S) groups is 1. The van der Waals surface area contributed by atoms with Crippen molar-refractivity contribution in [2.45, 2.75) is 89.3 Å². The minimum Gasteiger partial charge on any atom is -0.497 e. The summed E-state index contributed by atoms with van der Waals surface area (Å²) in [5.41, 5.74) is 1.14. The number of amides is 1. The first kappa shape index (κ1) is 25.0. The van der Waals surface area contributed by atoms with Crippen LogP contribution in [0.25, 0.3) is 0 Å². The van der Waals surface area contributed by atoms with Gasteiger partial charge in [0.1, 0.15) is 5.75 Å². The SMILES string of the molecule is COc1ccc(CNC(=S)[C@@H](CCC2CCCCC2)NC(=O)C2CCC(OC)CC2)cc1. The molecule has 1 amide bonds. The van der Waals surface area contributed by atoms with E-state index in [0.717, 1.165) is 60.7 Å². The first-order valence-electron chi connectivity index (χ1n) is 12.3. The lowest BCUT2D eigenvalue weighted by molar-refractivity contribution is -0.127. The molecule has 2 fully saturated rings. The molecule has 5 nitrogen and oxygen atoms in total. The fraction of sp³-hybridized carbons (Fsp3) is 0.692. The maximum Gasteiger partial charge on any atom is 0.223 e. The van der Waals surface area contributed by atoms with Crippen LogP contribution in [-0.4, -0.2) is 37.3 Å². The van der Waals surface area contributed by atoms with Gasteiger partial charge in [0.25, 0.3) is 0 Å². The average Bonchev–Trinajstić information content (AvgIpc) is 2.85. The van der Waals surface area contributed by atoms with Gasteiger partial charge in [-0.05, 0) is 62.1 Å².